The van der Waals surface area contributed by atoms with Gasteiger partial charge in [-0.15, -0.1) is 0 Å². The van der Waals surface area contributed by atoms with Crippen molar-refractivity contribution in [3.8, 4) is 11.4 Å². The number of nitrogens with zero attached hydrogens (tertiary/aromatic N) is 3. The maximum atomic E-state index is 12.5. The lowest BCUT2D eigenvalue weighted by Crippen LogP contribution is -2.37. The van der Waals surface area contributed by atoms with E-state index in [9.17, 15) is 4.79 Å². The van der Waals surface area contributed by atoms with Gasteiger partial charge in [0.25, 0.3) is 0 Å². The van der Waals surface area contributed by atoms with Crippen LogP contribution in [-0.2, 0) is 9.53 Å². The molecule has 26 heavy (non-hydrogen) atoms. The van der Waals surface area contributed by atoms with Crippen molar-refractivity contribution in [3.63, 3.8) is 0 Å². The van der Waals surface area contributed by atoms with E-state index in [4.69, 9.17) is 14.2 Å². The first-order valence-electron chi connectivity index (χ1n) is 9.46. The second-order valence-electron chi connectivity index (χ2n) is 7.37. The third-order valence-corrected chi connectivity index (χ3v) is 5.72. The lowest BCUT2D eigenvalue weighted by Gasteiger charge is -2.36. The Balaban J connectivity index is 1.62. The highest BCUT2D eigenvalue weighted by atomic mass is 16.5. The lowest BCUT2D eigenvalue weighted by molar-refractivity contribution is -0.130. The van der Waals surface area contributed by atoms with Crippen molar-refractivity contribution in [1.82, 2.24) is 15.0 Å². The predicted molar refractivity (Wildman–Crippen MR) is 96.4 cm³/mol. The molecular formula is C20H25N3O3. The number of aromatic nitrogens is 2. The molecule has 4 rings (SSSR count). The Morgan fingerprint density at radius 1 is 1.27 bits per heavy atom. The summed E-state index contributed by atoms with van der Waals surface area (Å²) in [6.45, 7) is 4.93. The average Bonchev–Trinajstić information content (AvgIpc) is 3.29. The van der Waals surface area contributed by atoms with Gasteiger partial charge in [0, 0.05) is 43.7 Å². The SMILES string of the molecule is CCCC(=O)N1C[C@H](c2nc(-c3ccccc3)no2)C2(CCOCC2)C1. The zero-order valence-corrected chi connectivity index (χ0v) is 15.2. The van der Waals surface area contributed by atoms with E-state index >= 15 is 0 Å². The van der Waals surface area contributed by atoms with Gasteiger partial charge >= 0.3 is 0 Å². The standard InChI is InChI=1S/C20H25N3O3/c1-2-6-17(24)23-13-16(20(14-23)9-11-25-12-10-20)19-21-18(22-26-19)15-7-4-3-5-8-15/h3-5,7-8,16H,2,6,9-14H2,1H3/t16-/m1/s1. The molecule has 2 aromatic rings. The van der Waals surface area contributed by atoms with Crippen molar-refractivity contribution in [3.05, 3.63) is 36.2 Å². The molecule has 3 heterocycles. The average molecular weight is 355 g/mol. The van der Waals surface area contributed by atoms with Crippen LogP contribution in [0, 0.1) is 5.41 Å². The third kappa shape index (κ3) is 3.14. The minimum Gasteiger partial charge on any atom is -0.381 e. The third-order valence-electron chi connectivity index (χ3n) is 5.72. The van der Waals surface area contributed by atoms with E-state index in [1.165, 1.54) is 0 Å². The molecule has 1 aromatic carbocycles. The highest BCUT2D eigenvalue weighted by Crippen LogP contribution is 2.49. The highest BCUT2D eigenvalue weighted by Gasteiger charge is 2.51. The largest absolute Gasteiger partial charge is 0.381 e. The van der Waals surface area contributed by atoms with Gasteiger partial charge in [0.2, 0.25) is 17.6 Å². The molecule has 6 heteroatoms. The molecule has 2 aliphatic rings. The van der Waals surface area contributed by atoms with Crippen molar-refractivity contribution in [2.24, 2.45) is 5.41 Å². The molecule has 0 unspecified atom stereocenters. The van der Waals surface area contributed by atoms with Crippen LogP contribution >= 0.6 is 0 Å². The summed E-state index contributed by atoms with van der Waals surface area (Å²) >= 11 is 0. The lowest BCUT2D eigenvalue weighted by atomic mass is 9.72. The van der Waals surface area contributed by atoms with Crippen molar-refractivity contribution in [1.29, 1.82) is 0 Å². The van der Waals surface area contributed by atoms with Crippen LogP contribution < -0.4 is 0 Å². The van der Waals surface area contributed by atoms with Crippen molar-refractivity contribution < 1.29 is 14.1 Å². The molecule has 2 aliphatic heterocycles. The number of carbonyl (C=O) groups excluding carboxylic acids is 1. The van der Waals surface area contributed by atoms with Crippen LogP contribution in [0.2, 0.25) is 0 Å². The normalized spacial score (nSPS) is 22.0. The monoisotopic (exact) mass is 355 g/mol. The zero-order chi connectivity index (χ0) is 18.0. The number of likely N-dealkylation sites (tertiary alicyclic amines) is 1. The van der Waals surface area contributed by atoms with E-state index < -0.39 is 0 Å². The van der Waals surface area contributed by atoms with Crippen LogP contribution in [0.3, 0.4) is 0 Å². The molecule has 0 bridgehead atoms. The fraction of sp³-hybridized carbons (Fsp3) is 0.550. The molecule has 1 amide bonds. The van der Waals surface area contributed by atoms with Crippen LogP contribution in [0.15, 0.2) is 34.9 Å². The summed E-state index contributed by atoms with van der Waals surface area (Å²) in [4.78, 5) is 19.2. The molecule has 0 saturated carbocycles. The van der Waals surface area contributed by atoms with Crippen molar-refractivity contribution >= 4 is 5.91 Å². The molecule has 1 aromatic heterocycles. The summed E-state index contributed by atoms with van der Waals surface area (Å²) < 4.78 is 11.3. The smallest absolute Gasteiger partial charge is 0.232 e. The van der Waals surface area contributed by atoms with Crippen molar-refractivity contribution in [2.75, 3.05) is 26.3 Å². The van der Waals surface area contributed by atoms with Crippen LogP contribution in [0.25, 0.3) is 11.4 Å². The van der Waals surface area contributed by atoms with Gasteiger partial charge in [-0.3, -0.25) is 4.79 Å². The van der Waals surface area contributed by atoms with Crippen LogP contribution in [0.1, 0.15) is 44.4 Å². The minimum atomic E-state index is -0.0118. The zero-order valence-electron chi connectivity index (χ0n) is 15.2. The number of ether oxygens (including phenoxy) is 1. The van der Waals surface area contributed by atoms with Gasteiger partial charge in [-0.05, 0) is 19.3 Å². The van der Waals surface area contributed by atoms with E-state index in [0.717, 1.165) is 44.6 Å². The van der Waals surface area contributed by atoms with E-state index in [2.05, 4.69) is 5.16 Å². The van der Waals surface area contributed by atoms with Gasteiger partial charge < -0.3 is 14.2 Å². The summed E-state index contributed by atoms with van der Waals surface area (Å²) in [5.74, 6) is 1.57. The summed E-state index contributed by atoms with van der Waals surface area (Å²) in [7, 11) is 0. The molecule has 0 N–H and O–H groups in total. The quantitative estimate of drug-likeness (QED) is 0.842. The summed E-state index contributed by atoms with van der Waals surface area (Å²) in [6, 6.07) is 9.85. The number of benzene rings is 1. The number of hydrogen-bond donors (Lipinski definition) is 0. The van der Waals surface area contributed by atoms with E-state index in [1.807, 2.05) is 42.2 Å². The van der Waals surface area contributed by atoms with Gasteiger partial charge in [-0.25, -0.2) is 0 Å². The van der Waals surface area contributed by atoms with Gasteiger partial charge in [0.1, 0.15) is 0 Å². The molecule has 1 atom stereocenters. The predicted octanol–water partition coefficient (Wildman–Crippen LogP) is 3.26. The van der Waals surface area contributed by atoms with E-state index in [1.54, 1.807) is 0 Å². The van der Waals surface area contributed by atoms with Gasteiger partial charge in [-0.2, -0.15) is 4.98 Å². The van der Waals surface area contributed by atoms with Gasteiger partial charge in [0.05, 0.1) is 5.92 Å². The van der Waals surface area contributed by atoms with Crippen LogP contribution in [-0.4, -0.2) is 47.3 Å². The van der Waals surface area contributed by atoms with Gasteiger partial charge in [0.15, 0.2) is 0 Å². The first kappa shape index (κ1) is 17.2. The number of hydrogen-bond acceptors (Lipinski definition) is 5. The first-order valence-corrected chi connectivity index (χ1v) is 9.46. The number of rotatable bonds is 4. The first-order chi connectivity index (χ1) is 12.7. The Hall–Kier alpha value is -2.21. The maximum Gasteiger partial charge on any atom is 0.232 e. The number of amides is 1. The Bertz CT molecular complexity index is 753. The molecule has 138 valence electrons. The maximum absolute atomic E-state index is 12.5. The van der Waals surface area contributed by atoms with E-state index in [0.29, 0.717) is 24.7 Å². The Kier molecular flexibility index (Phi) is 4.76. The fourth-order valence-corrected chi connectivity index (χ4v) is 4.24. The topological polar surface area (TPSA) is 68.5 Å². The number of carbonyl (C=O) groups is 1. The molecule has 1 spiro atoms. The minimum absolute atomic E-state index is 0.0118. The van der Waals surface area contributed by atoms with E-state index in [-0.39, 0.29) is 17.2 Å². The second kappa shape index (κ2) is 7.19. The molecular weight excluding hydrogens is 330 g/mol. The van der Waals surface area contributed by atoms with Crippen LogP contribution in [0.4, 0.5) is 0 Å². The molecule has 2 fully saturated rings. The van der Waals surface area contributed by atoms with Gasteiger partial charge in [-0.1, -0.05) is 42.4 Å². The molecule has 6 nitrogen and oxygen atoms in total. The Labute approximate surface area is 153 Å². The van der Waals surface area contributed by atoms with Crippen LogP contribution in [0.5, 0.6) is 0 Å². The Morgan fingerprint density at radius 2 is 2.04 bits per heavy atom. The Morgan fingerprint density at radius 3 is 2.77 bits per heavy atom. The highest BCUT2D eigenvalue weighted by molar-refractivity contribution is 5.76. The fourth-order valence-electron chi connectivity index (χ4n) is 4.24. The molecule has 0 aliphatic carbocycles. The van der Waals surface area contributed by atoms with Crippen molar-refractivity contribution in [2.45, 2.75) is 38.5 Å². The molecule has 2 saturated heterocycles. The summed E-state index contributed by atoms with van der Waals surface area (Å²) in [6.07, 6.45) is 3.32. The summed E-state index contributed by atoms with van der Waals surface area (Å²) in [5.41, 5.74) is 0.933. The summed E-state index contributed by atoms with van der Waals surface area (Å²) in [5, 5.41) is 4.19. The molecule has 0 radical (unpaired) electrons. The second-order valence-corrected chi connectivity index (χ2v) is 7.37.